The summed E-state index contributed by atoms with van der Waals surface area (Å²) in [5.74, 6) is 1.90. The Balaban J connectivity index is 0.000000159. The highest BCUT2D eigenvalue weighted by Crippen LogP contribution is 2.53. The van der Waals surface area contributed by atoms with E-state index in [4.69, 9.17) is 53.2 Å². The third-order valence-corrected chi connectivity index (χ3v) is 28.1. The second kappa shape index (κ2) is 38.2. The van der Waals surface area contributed by atoms with Crippen molar-refractivity contribution < 1.29 is 81.4 Å². The topological polar surface area (TPSA) is 382 Å². The maximum atomic E-state index is 14.5. The van der Waals surface area contributed by atoms with E-state index >= 15 is 0 Å². The third-order valence-electron chi connectivity index (χ3n) is 28.1. The van der Waals surface area contributed by atoms with E-state index in [1.54, 1.807) is 4.90 Å². The number of piperidine rings is 2. The number of carbonyl (C=O) groups excluding carboxylic acids is 7. The first-order valence-corrected chi connectivity index (χ1v) is 46.2. The molecular formula is C98H122N14O17. The summed E-state index contributed by atoms with van der Waals surface area (Å²) in [5, 5.41) is 17.0. The minimum atomic E-state index is -1.03. The van der Waals surface area contributed by atoms with Crippen LogP contribution in [0, 0.1) is 29.6 Å². The zero-order chi connectivity index (χ0) is 90.1. The van der Waals surface area contributed by atoms with Crippen molar-refractivity contribution in [3.8, 4) is 67.3 Å². The van der Waals surface area contributed by atoms with Crippen molar-refractivity contribution >= 4 is 48.2 Å². The number of aromatic amines is 4. The molecule has 0 radical (unpaired) electrons. The number of likely N-dealkylation sites (tertiary alicyclic amines) is 4. The second-order valence-corrected chi connectivity index (χ2v) is 38.4. The lowest BCUT2D eigenvalue weighted by Crippen LogP contribution is -2.55. The van der Waals surface area contributed by atoms with E-state index in [9.17, 15) is 38.4 Å². The lowest BCUT2D eigenvalue weighted by molar-refractivity contribution is -0.142. The highest BCUT2D eigenvalue weighted by Gasteiger charge is 2.54. The molecule has 0 spiro atoms. The van der Waals surface area contributed by atoms with Gasteiger partial charge in [-0.2, -0.15) is 0 Å². The van der Waals surface area contributed by atoms with Gasteiger partial charge in [0.2, 0.25) is 11.8 Å². The molecule has 2 saturated carbocycles. The Labute approximate surface area is 751 Å². The molecule has 19 rings (SSSR count). The third kappa shape index (κ3) is 19.4. The SMILES string of the molecule is CC(C)(C)OC(=O)N1CCC[C@H]1c1ncc(-c2ccc3c(c2)CCc2cc(-c4cnc([C@@H]5[C@H]6CC[C@H](C6)N5C(=O)OC(C)(C)C)[nH]4)ccc2-3)[nH]1.COC(=O)N[C@H](C(=O)N1CCC[C@H]1c1ncc(-c2ccc3c(c2)CCc2cc(-c4ccc([C@@H]5[C@H]6CC[C@H](C6)N5C(=O)[C@@H](NC(=O)OC)C5CCOCC5)[nH]4)ccc2-3)[nH]1)C1CCOCC1.COC(=O)N[C@H](C(=O)O)C1CCOCC1. The number of nitrogens with zero attached hydrogens (tertiary/aromatic N) is 7. The maximum absolute atomic E-state index is 14.5. The zero-order valence-electron chi connectivity index (χ0n) is 75.3. The smallest absolute Gasteiger partial charge is 0.411 e. The van der Waals surface area contributed by atoms with Crippen LogP contribution in [0.2, 0.25) is 0 Å². The number of H-pyrrole nitrogens is 4. The van der Waals surface area contributed by atoms with Crippen molar-refractivity contribution in [2.24, 2.45) is 29.6 Å². The standard InChI is InChI=1S/C49H59N7O8.C40H48N6O4.C9H15NO5/c1-61-48(59)53-42(28-15-20-63-21-16-28)46(57)55-19-3-4-41(55)45-50-27-40(52-45)33-9-12-37-31(25-33)6-5-30-24-32(8-11-36(30)37)38-13-14-39(51-38)44-34-7-10-35(26-34)56(44)47(58)43(54-49(60)62-2)29-17-22-64-23-18-29;1-39(2,3)49-37(47)45-17-7-8-33(45)35-41-21-31(43-35)25-12-15-29-23(18-25)9-10-24-19-26(13-16-30(24)29)32-22-42-36(44-32)34-27-11-14-28(20-27)46(34)38(48)50-40(4,5)6;1-14-9(13)10-7(8(11)12)6-2-4-15-5-3-6/h8-9,11-14,24-25,27-29,34-35,41-44,51H,3-7,10,15-23,26H2,1-2H3,(H,50,52)(H,53,59)(H,54,60);12-13,15-16,18-19,21-22,27-28,33-34H,7-11,14,17,20H2,1-6H3,(H,41,43)(H,42,44);6-7H,2-5H2,1H3,(H,10,13)(H,11,12)/t34-,35+,41-,42-,43-,44-;27-,28+,33-,34-;7-/m000/s1. The number of alkyl carbamates (subject to hydrolysis) is 3. The number of imidazole rings is 3. The normalized spacial score (nSPS) is 23.1. The molecule has 8 N–H and O–H groups in total. The summed E-state index contributed by atoms with van der Waals surface area (Å²) in [5.41, 5.74) is 18.4. The molecule has 7 aliphatic heterocycles. The molecule has 4 aromatic heterocycles. The number of methoxy groups -OCH3 is 3. The number of hydrogen-bond donors (Lipinski definition) is 8. The maximum Gasteiger partial charge on any atom is 0.411 e. The number of carboxylic acids is 1. The fourth-order valence-electron chi connectivity index (χ4n) is 21.9. The fourth-order valence-corrected chi connectivity index (χ4v) is 21.9. The lowest BCUT2D eigenvalue weighted by atomic mass is 9.83. The Bertz CT molecular complexity index is 5430. The molecule has 7 saturated heterocycles. The first-order valence-electron chi connectivity index (χ1n) is 46.2. The highest BCUT2D eigenvalue weighted by atomic mass is 16.6. The molecule has 11 aliphatic rings. The average molecular weight is 1770 g/mol. The molecule has 11 heterocycles. The average Bonchev–Trinajstić information content (AvgIpc) is 1.62. The number of aryl methyl sites for hydroxylation is 4. The highest BCUT2D eigenvalue weighted by molar-refractivity contribution is 5.89. The van der Waals surface area contributed by atoms with E-state index in [1.165, 1.54) is 65.8 Å². The number of carbonyl (C=O) groups is 8. The van der Waals surface area contributed by atoms with Crippen molar-refractivity contribution in [1.82, 2.24) is 70.4 Å². The molecule has 31 heteroatoms. The van der Waals surface area contributed by atoms with Gasteiger partial charge in [-0.3, -0.25) is 19.4 Å². The number of aromatic nitrogens is 7. The van der Waals surface area contributed by atoms with Gasteiger partial charge in [0.25, 0.3) is 0 Å². The Morgan fingerprint density at radius 2 is 0.798 bits per heavy atom. The van der Waals surface area contributed by atoms with E-state index < -0.39 is 53.6 Å². The Morgan fingerprint density at radius 3 is 1.24 bits per heavy atom. The van der Waals surface area contributed by atoms with Gasteiger partial charge in [0.1, 0.15) is 46.8 Å². The van der Waals surface area contributed by atoms with Crippen molar-refractivity contribution in [1.29, 1.82) is 0 Å². The van der Waals surface area contributed by atoms with Gasteiger partial charge in [-0.1, -0.05) is 48.5 Å². The molecule has 11 atom stereocenters. The summed E-state index contributed by atoms with van der Waals surface area (Å²) in [6.07, 6.45) is 20.7. The summed E-state index contributed by atoms with van der Waals surface area (Å²) >= 11 is 0. The molecule has 4 aliphatic carbocycles. The van der Waals surface area contributed by atoms with Crippen LogP contribution in [0.1, 0.15) is 214 Å². The number of hydrogen-bond acceptors (Lipinski definition) is 19. The van der Waals surface area contributed by atoms with Crippen molar-refractivity contribution in [3.63, 3.8) is 0 Å². The molecule has 0 unspecified atom stereocenters. The van der Waals surface area contributed by atoms with Crippen LogP contribution >= 0.6 is 0 Å². The molecule has 4 bridgehead atoms. The number of rotatable bonds is 17. The predicted octanol–water partition coefficient (Wildman–Crippen LogP) is 15.8. The summed E-state index contributed by atoms with van der Waals surface area (Å²) < 4.78 is 42.0. The molecule has 31 nitrogen and oxygen atoms in total. The van der Waals surface area contributed by atoms with Crippen LogP contribution in [0.5, 0.6) is 0 Å². The van der Waals surface area contributed by atoms with Gasteiger partial charge in [-0.15, -0.1) is 0 Å². The zero-order valence-corrected chi connectivity index (χ0v) is 75.3. The van der Waals surface area contributed by atoms with E-state index in [1.807, 2.05) is 69.9 Å². The number of ether oxygens (including phenoxy) is 8. The Hall–Kier alpha value is -11.6. The molecule has 7 amide bonds. The van der Waals surface area contributed by atoms with Gasteiger partial charge in [0, 0.05) is 76.2 Å². The largest absolute Gasteiger partial charge is 0.480 e. The van der Waals surface area contributed by atoms with Crippen molar-refractivity contribution in [2.45, 2.75) is 236 Å². The minimum Gasteiger partial charge on any atom is -0.480 e. The van der Waals surface area contributed by atoms with E-state index in [2.05, 4.69) is 130 Å². The summed E-state index contributed by atoms with van der Waals surface area (Å²) in [4.78, 5) is 138. The van der Waals surface area contributed by atoms with E-state index in [0.29, 0.717) is 90.2 Å². The first kappa shape index (κ1) is 89.4. The Morgan fingerprint density at radius 1 is 0.419 bits per heavy atom. The van der Waals surface area contributed by atoms with Crippen LogP contribution in [0.3, 0.4) is 0 Å². The van der Waals surface area contributed by atoms with Gasteiger partial charge >= 0.3 is 36.4 Å². The number of benzene rings is 4. The van der Waals surface area contributed by atoms with Gasteiger partial charge in [0.05, 0.1) is 81.2 Å². The second-order valence-electron chi connectivity index (χ2n) is 38.4. The fraction of sp³-hybridized carbons (Fsp3) is 0.541. The summed E-state index contributed by atoms with van der Waals surface area (Å²) in [6, 6.07) is 28.6. The van der Waals surface area contributed by atoms with E-state index in [-0.39, 0.29) is 78.0 Å². The first-order chi connectivity index (χ1) is 62.2. The van der Waals surface area contributed by atoms with Gasteiger partial charge < -0.3 is 88.7 Å². The van der Waals surface area contributed by atoms with Crippen LogP contribution in [0.15, 0.2) is 104 Å². The number of fused-ring (bicyclic) bond motifs is 10. The molecule has 4 aromatic carbocycles. The number of amides is 7. The van der Waals surface area contributed by atoms with Crippen molar-refractivity contribution in [2.75, 3.05) is 74.1 Å². The Kier molecular flexibility index (Phi) is 26.5. The lowest BCUT2D eigenvalue weighted by Gasteiger charge is -2.39. The summed E-state index contributed by atoms with van der Waals surface area (Å²) in [7, 11) is 3.86. The van der Waals surface area contributed by atoms with Crippen LogP contribution in [-0.4, -0.2) is 223 Å². The number of nitrogens with one attached hydrogen (secondary N) is 7. The molecular weight excluding hydrogens is 1650 g/mol. The van der Waals surface area contributed by atoms with Crippen LogP contribution in [-0.2, 0) is 78.0 Å². The quantitative estimate of drug-likeness (QED) is 0.0393. The van der Waals surface area contributed by atoms with Crippen LogP contribution in [0.4, 0.5) is 24.0 Å². The predicted molar refractivity (Wildman–Crippen MR) is 479 cm³/mol. The van der Waals surface area contributed by atoms with Gasteiger partial charge in [-0.25, -0.2) is 43.7 Å². The van der Waals surface area contributed by atoms with Crippen LogP contribution < -0.4 is 16.0 Å². The monoisotopic (exact) mass is 1770 g/mol. The number of carboxylic acid groups (broad SMARTS) is 1. The molecule has 9 fully saturated rings. The number of aliphatic carboxylic acids is 1. The van der Waals surface area contributed by atoms with E-state index in [0.717, 1.165) is 171 Å². The van der Waals surface area contributed by atoms with Gasteiger partial charge in [-0.05, 0) is 303 Å². The van der Waals surface area contributed by atoms with Crippen LogP contribution in [0.25, 0.3) is 67.3 Å². The molecule has 129 heavy (non-hydrogen) atoms. The molecule has 686 valence electrons. The minimum absolute atomic E-state index is 0.00246. The van der Waals surface area contributed by atoms with Crippen molar-refractivity contribution in [3.05, 3.63) is 149 Å². The van der Waals surface area contributed by atoms with Gasteiger partial charge in [0.15, 0.2) is 0 Å². The summed E-state index contributed by atoms with van der Waals surface area (Å²) in [6.45, 7) is 16.1. The molecule has 8 aromatic rings.